The first-order chi connectivity index (χ1) is 35.6. The summed E-state index contributed by atoms with van der Waals surface area (Å²) in [5, 5.41) is 16.6. The Morgan fingerprint density at radius 3 is 1.17 bits per heavy atom. The van der Waals surface area contributed by atoms with Crippen molar-refractivity contribution >= 4 is 173 Å². The Kier molecular flexibility index (Phi) is 8.31. The Balaban J connectivity index is 1.01. The van der Waals surface area contributed by atoms with Gasteiger partial charge in [0.2, 0.25) is 0 Å². The van der Waals surface area contributed by atoms with Crippen LogP contribution in [0.1, 0.15) is 11.1 Å². The molecule has 0 fully saturated rings. The third-order valence-electron chi connectivity index (χ3n) is 15.2. The molecule has 16 aromatic rings. The van der Waals surface area contributed by atoms with Gasteiger partial charge < -0.3 is 18.6 Å². The van der Waals surface area contributed by atoms with E-state index in [2.05, 4.69) is 230 Å². The number of hydrogen-bond donors (Lipinski definition) is 0. The lowest BCUT2D eigenvalue weighted by Gasteiger charge is -2.31. The highest BCUT2D eigenvalue weighted by Crippen LogP contribution is 2.55. The molecule has 72 heavy (non-hydrogen) atoms. The van der Waals surface area contributed by atoms with E-state index in [1.165, 1.54) is 83.8 Å². The highest BCUT2D eigenvalue weighted by Gasteiger charge is 2.29. The zero-order chi connectivity index (χ0) is 47.3. The predicted molar refractivity (Wildman–Crippen MR) is 309 cm³/mol. The molecule has 0 aliphatic rings. The predicted octanol–water partition coefficient (Wildman–Crippen LogP) is 20.7. The largest absolute Gasteiger partial charge is 0.454 e. The van der Waals surface area contributed by atoms with Crippen molar-refractivity contribution in [3.05, 3.63) is 217 Å². The van der Waals surface area contributed by atoms with Gasteiger partial charge in [0.25, 0.3) is 0 Å². The van der Waals surface area contributed by atoms with E-state index in [-0.39, 0.29) is 0 Å². The molecule has 4 heterocycles. The monoisotopic (exact) mass is 956 g/mol. The van der Waals surface area contributed by atoms with E-state index in [1.807, 2.05) is 22.7 Å². The quantitative estimate of drug-likeness (QED) is 0.156. The van der Waals surface area contributed by atoms with E-state index in [1.54, 1.807) is 0 Å². The van der Waals surface area contributed by atoms with Crippen molar-refractivity contribution in [1.29, 1.82) is 0 Å². The number of aryl methyl sites for hydroxylation is 2. The summed E-state index contributed by atoms with van der Waals surface area (Å²) in [6.45, 7) is 4.51. The number of thiophene rings is 2. The topological polar surface area (TPSA) is 32.8 Å². The first-order valence-electron chi connectivity index (χ1n) is 24.5. The number of fused-ring (bicyclic) bond motifs is 12. The Bertz CT molecular complexity index is 4620. The molecule has 338 valence electrons. The molecule has 4 aromatic heterocycles. The van der Waals surface area contributed by atoms with E-state index in [0.29, 0.717) is 0 Å². The van der Waals surface area contributed by atoms with E-state index < -0.39 is 0 Å². The Labute approximate surface area is 420 Å². The molecule has 0 aliphatic carbocycles. The molecule has 4 nitrogen and oxygen atoms in total. The summed E-state index contributed by atoms with van der Waals surface area (Å²) in [5.41, 5.74) is 12.4. The second-order valence-electron chi connectivity index (χ2n) is 19.2. The molecule has 0 aliphatic heterocycles. The maximum Gasteiger partial charge on any atom is 0.159 e. The van der Waals surface area contributed by atoms with Crippen LogP contribution in [0, 0.1) is 13.8 Å². The van der Waals surface area contributed by atoms with Gasteiger partial charge in [-0.2, -0.15) is 0 Å². The van der Waals surface area contributed by atoms with Crippen LogP contribution in [-0.2, 0) is 0 Å². The van der Waals surface area contributed by atoms with Gasteiger partial charge in [-0.15, -0.1) is 22.7 Å². The molecule has 6 heteroatoms. The second-order valence-corrected chi connectivity index (χ2v) is 21.3. The van der Waals surface area contributed by atoms with Gasteiger partial charge in [-0.05, 0) is 95.1 Å². The molecule has 0 radical (unpaired) electrons. The summed E-state index contributed by atoms with van der Waals surface area (Å²) in [5.74, 6) is 0. The summed E-state index contributed by atoms with van der Waals surface area (Å²) >= 11 is 3.73. The molecule has 0 amide bonds. The third kappa shape index (κ3) is 5.50. The fraction of sp³-hybridized carbons (Fsp3) is 0.0303. The lowest BCUT2D eigenvalue weighted by atomic mass is 9.91. The number of benzene rings is 12. The minimum Gasteiger partial charge on any atom is -0.454 e. The van der Waals surface area contributed by atoms with Crippen LogP contribution in [0.4, 0.5) is 34.1 Å². The van der Waals surface area contributed by atoms with Crippen molar-refractivity contribution in [1.82, 2.24) is 0 Å². The molecular formula is C66H40N2O2S2. The van der Waals surface area contributed by atoms with Gasteiger partial charge in [-0.1, -0.05) is 158 Å². The number of para-hydroxylation sites is 4. The average molecular weight is 957 g/mol. The van der Waals surface area contributed by atoms with Crippen molar-refractivity contribution in [2.45, 2.75) is 13.8 Å². The third-order valence-corrected chi connectivity index (χ3v) is 17.6. The van der Waals surface area contributed by atoms with Gasteiger partial charge in [-0.25, -0.2) is 0 Å². The maximum absolute atomic E-state index is 6.93. The van der Waals surface area contributed by atoms with Crippen molar-refractivity contribution in [2.75, 3.05) is 9.80 Å². The zero-order valence-corrected chi connectivity index (χ0v) is 40.8. The summed E-state index contributed by atoms with van der Waals surface area (Å²) in [6.07, 6.45) is 0. The molecule has 0 N–H and O–H groups in total. The van der Waals surface area contributed by atoms with Crippen molar-refractivity contribution in [3.8, 4) is 0 Å². The van der Waals surface area contributed by atoms with Crippen molar-refractivity contribution in [2.24, 2.45) is 0 Å². The van der Waals surface area contributed by atoms with Crippen LogP contribution in [0.3, 0.4) is 0 Å². The molecule has 0 unspecified atom stereocenters. The van der Waals surface area contributed by atoms with Gasteiger partial charge >= 0.3 is 0 Å². The molecule has 0 bridgehead atoms. The van der Waals surface area contributed by atoms with E-state index in [9.17, 15) is 0 Å². The summed E-state index contributed by atoms with van der Waals surface area (Å²) in [4.78, 5) is 5.01. The standard InChI is InChI=1S/C66H40N2O2S2/c1-37-25-31-47-43-15-5-9-23-57(43)71-65(47)61(37)67(53-19-11-17-45-41-13-3-7-21-55(41)69-63(45)53)51-35-29-39-28-34-50-52(36-30-40-27-33-49(51)59(39)60(40)50)68(54-20-12-18-46-42-14-4-8-22-56(42)70-64(46)54)62-38(2)26-32-48-44-16-6-10-24-58(44)72-66(48)62/h3-36H,1-2H3. The second kappa shape index (κ2) is 14.9. The highest BCUT2D eigenvalue weighted by atomic mass is 32.1. The van der Waals surface area contributed by atoms with E-state index in [0.717, 1.165) is 78.0 Å². The molecule has 12 aromatic carbocycles. The van der Waals surface area contributed by atoms with E-state index >= 15 is 0 Å². The average Bonchev–Trinajstić information content (AvgIpc) is 4.21. The maximum atomic E-state index is 6.93. The smallest absolute Gasteiger partial charge is 0.159 e. The van der Waals surface area contributed by atoms with Gasteiger partial charge in [-0.3, -0.25) is 0 Å². The summed E-state index contributed by atoms with van der Waals surface area (Å²) in [7, 11) is 0. The van der Waals surface area contributed by atoms with Crippen LogP contribution >= 0.6 is 22.7 Å². The van der Waals surface area contributed by atoms with Gasteiger partial charge in [0, 0.05) is 63.3 Å². The lowest BCUT2D eigenvalue weighted by molar-refractivity contribution is 0.669. The van der Waals surface area contributed by atoms with Crippen LogP contribution in [0.25, 0.3) is 117 Å². The Hall–Kier alpha value is -8.68. The first kappa shape index (κ1) is 40.1. The van der Waals surface area contributed by atoms with Crippen LogP contribution in [-0.4, -0.2) is 0 Å². The molecule has 16 rings (SSSR count). The first-order valence-corrected chi connectivity index (χ1v) is 26.1. The highest BCUT2D eigenvalue weighted by molar-refractivity contribution is 7.26. The zero-order valence-electron chi connectivity index (χ0n) is 39.2. The molecule has 0 spiro atoms. The number of nitrogens with zero attached hydrogens (tertiary/aromatic N) is 2. The fourth-order valence-corrected chi connectivity index (χ4v) is 14.6. The summed E-state index contributed by atoms with van der Waals surface area (Å²) < 4.78 is 18.9. The Morgan fingerprint density at radius 1 is 0.306 bits per heavy atom. The molecule has 0 saturated heterocycles. The van der Waals surface area contributed by atoms with E-state index in [4.69, 9.17) is 8.83 Å². The van der Waals surface area contributed by atoms with Crippen LogP contribution in [0.5, 0.6) is 0 Å². The summed E-state index contributed by atoms with van der Waals surface area (Å²) in [6, 6.07) is 75.5. The normalized spacial score (nSPS) is 12.3. The van der Waals surface area contributed by atoms with Gasteiger partial charge in [0.1, 0.15) is 11.2 Å². The molecular weight excluding hydrogens is 917 g/mol. The van der Waals surface area contributed by atoms with Crippen molar-refractivity contribution < 1.29 is 8.83 Å². The van der Waals surface area contributed by atoms with Gasteiger partial charge in [0.05, 0.1) is 43.5 Å². The van der Waals surface area contributed by atoms with Crippen LogP contribution < -0.4 is 9.80 Å². The SMILES string of the molecule is Cc1ccc2c(sc3ccccc32)c1N(c1ccc2ccc3c(N(c4cccc5c4oc4ccccc45)c4c(C)ccc5c4sc4ccccc45)ccc4ccc1c2c43)c1cccc2c1oc1ccccc12. The van der Waals surface area contributed by atoms with Crippen LogP contribution in [0.2, 0.25) is 0 Å². The minimum absolute atomic E-state index is 0.866. The molecule has 0 atom stereocenters. The van der Waals surface area contributed by atoms with Crippen molar-refractivity contribution in [3.63, 3.8) is 0 Å². The minimum atomic E-state index is 0.866. The van der Waals surface area contributed by atoms with Gasteiger partial charge in [0.15, 0.2) is 11.2 Å². The van der Waals surface area contributed by atoms with Crippen LogP contribution in [0.15, 0.2) is 215 Å². The molecule has 0 saturated carbocycles. The number of rotatable bonds is 6. The lowest BCUT2D eigenvalue weighted by Crippen LogP contribution is -2.13. The fourth-order valence-electron chi connectivity index (χ4n) is 12.0. The number of hydrogen-bond acceptors (Lipinski definition) is 6. The number of anilines is 6. The Morgan fingerprint density at radius 2 is 0.694 bits per heavy atom. The number of furan rings is 2.